The van der Waals surface area contributed by atoms with Gasteiger partial charge in [0, 0.05) is 16.8 Å². The highest BCUT2D eigenvalue weighted by molar-refractivity contribution is 7.91. The second-order valence-electron chi connectivity index (χ2n) is 6.55. The van der Waals surface area contributed by atoms with Crippen molar-refractivity contribution in [3.63, 3.8) is 0 Å². The minimum Gasteiger partial charge on any atom is -0.486 e. The molecule has 0 aromatic heterocycles. The number of fused-ring (bicyclic) bond motifs is 1. The highest BCUT2D eigenvalue weighted by Crippen LogP contribution is 2.32. The van der Waals surface area contributed by atoms with E-state index in [1.807, 2.05) is 6.92 Å². The van der Waals surface area contributed by atoms with Crippen LogP contribution in [0.25, 0.3) is 0 Å². The number of halogens is 1. The van der Waals surface area contributed by atoms with Crippen molar-refractivity contribution in [2.24, 2.45) is 0 Å². The molecule has 0 aliphatic carbocycles. The molecule has 0 bridgehead atoms. The van der Waals surface area contributed by atoms with Crippen molar-refractivity contribution in [1.82, 2.24) is 0 Å². The lowest BCUT2D eigenvalue weighted by molar-refractivity contribution is -0.146. The maximum absolute atomic E-state index is 12.5. The van der Waals surface area contributed by atoms with E-state index in [9.17, 15) is 18.0 Å². The van der Waals surface area contributed by atoms with E-state index in [0.717, 1.165) is 5.56 Å². The first-order valence-corrected chi connectivity index (χ1v) is 11.1. The number of esters is 1. The van der Waals surface area contributed by atoms with Crippen molar-refractivity contribution >= 4 is 39.0 Å². The van der Waals surface area contributed by atoms with Crippen LogP contribution in [0.15, 0.2) is 41.3 Å². The molecule has 0 saturated carbocycles. The summed E-state index contributed by atoms with van der Waals surface area (Å²) in [7, 11) is -3.74. The summed E-state index contributed by atoms with van der Waals surface area (Å²) >= 11 is 5.99. The zero-order chi connectivity index (χ0) is 21.7. The van der Waals surface area contributed by atoms with Gasteiger partial charge < -0.3 is 19.5 Å². The fraction of sp³-hybridized carbons (Fsp3) is 0.300. The molecule has 2 aromatic rings. The number of hydrogen-bond acceptors (Lipinski definition) is 7. The maximum Gasteiger partial charge on any atom is 0.307 e. The van der Waals surface area contributed by atoms with Gasteiger partial charge in [-0.15, -0.1) is 0 Å². The highest BCUT2D eigenvalue weighted by atomic mass is 35.5. The molecule has 1 heterocycles. The number of carbonyl (C=O) groups excluding carboxylic acids is 2. The number of aryl methyl sites for hydroxylation is 1. The molecule has 160 valence electrons. The number of benzene rings is 2. The van der Waals surface area contributed by atoms with Crippen molar-refractivity contribution in [3.8, 4) is 11.5 Å². The van der Waals surface area contributed by atoms with Gasteiger partial charge in [0.15, 0.2) is 27.9 Å². The minimum atomic E-state index is -3.74. The lowest BCUT2D eigenvalue weighted by Crippen LogP contribution is -2.22. The maximum atomic E-state index is 12.5. The Hall–Kier alpha value is -2.78. The molecule has 10 heteroatoms. The van der Waals surface area contributed by atoms with Gasteiger partial charge in [-0.25, -0.2) is 8.42 Å². The minimum absolute atomic E-state index is 0.0218. The first kappa shape index (κ1) is 21.9. The molecule has 8 nitrogen and oxygen atoms in total. The van der Waals surface area contributed by atoms with E-state index < -0.39 is 34.1 Å². The van der Waals surface area contributed by atoms with E-state index in [-0.39, 0.29) is 11.3 Å². The van der Waals surface area contributed by atoms with Crippen LogP contribution >= 0.6 is 11.6 Å². The SMILES string of the molecule is Cc1ccc(NC(=O)COC(=O)CCS(=O)(=O)c2ccc3c(c2)OCCO3)cc1Cl. The van der Waals surface area contributed by atoms with Crippen molar-refractivity contribution in [2.45, 2.75) is 18.2 Å². The van der Waals surface area contributed by atoms with Gasteiger partial charge in [0.25, 0.3) is 5.91 Å². The Morgan fingerprint density at radius 3 is 2.57 bits per heavy atom. The Kier molecular flexibility index (Phi) is 6.84. The van der Waals surface area contributed by atoms with E-state index in [1.165, 1.54) is 18.2 Å². The van der Waals surface area contributed by atoms with Gasteiger partial charge in [-0.3, -0.25) is 9.59 Å². The largest absolute Gasteiger partial charge is 0.486 e. The first-order valence-electron chi connectivity index (χ1n) is 9.08. The van der Waals surface area contributed by atoms with Crippen LogP contribution in [0, 0.1) is 6.92 Å². The molecule has 0 atom stereocenters. The normalized spacial score (nSPS) is 12.9. The molecule has 0 radical (unpaired) electrons. The molecule has 0 unspecified atom stereocenters. The quantitative estimate of drug-likeness (QED) is 0.642. The fourth-order valence-electron chi connectivity index (χ4n) is 2.64. The predicted molar refractivity (Wildman–Crippen MR) is 110 cm³/mol. The van der Waals surface area contributed by atoms with Crippen molar-refractivity contribution in [2.75, 3.05) is 30.9 Å². The second-order valence-corrected chi connectivity index (χ2v) is 9.06. The zero-order valence-electron chi connectivity index (χ0n) is 16.1. The monoisotopic (exact) mass is 453 g/mol. The van der Waals surface area contributed by atoms with E-state index in [1.54, 1.807) is 18.2 Å². The third-order valence-corrected chi connectivity index (χ3v) is 6.39. The fourth-order valence-corrected chi connectivity index (χ4v) is 4.05. The summed E-state index contributed by atoms with van der Waals surface area (Å²) in [5, 5.41) is 3.04. The molecule has 1 N–H and O–H groups in total. The van der Waals surface area contributed by atoms with Crippen LogP contribution in [0.2, 0.25) is 5.02 Å². The van der Waals surface area contributed by atoms with Crippen LogP contribution in [-0.2, 0) is 24.2 Å². The summed E-state index contributed by atoms with van der Waals surface area (Å²) in [4.78, 5) is 23.8. The molecule has 0 fully saturated rings. The van der Waals surface area contributed by atoms with Crippen LogP contribution in [-0.4, -0.2) is 45.9 Å². The zero-order valence-corrected chi connectivity index (χ0v) is 17.7. The van der Waals surface area contributed by atoms with Gasteiger partial charge in [0.1, 0.15) is 13.2 Å². The molecule has 0 spiro atoms. The number of nitrogens with one attached hydrogen (secondary N) is 1. The summed E-state index contributed by atoms with van der Waals surface area (Å²) in [5.74, 6) is -0.995. The third kappa shape index (κ3) is 5.64. The van der Waals surface area contributed by atoms with E-state index in [2.05, 4.69) is 5.32 Å². The lowest BCUT2D eigenvalue weighted by Gasteiger charge is -2.18. The molecular weight excluding hydrogens is 434 g/mol. The summed E-state index contributed by atoms with van der Waals surface area (Å²) < 4.78 is 40.5. The summed E-state index contributed by atoms with van der Waals surface area (Å²) in [6, 6.07) is 9.27. The van der Waals surface area contributed by atoms with E-state index in [4.69, 9.17) is 25.8 Å². The van der Waals surface area contributed by atoms with E-state index >= 15 is 0 Å². The van der Waals surface area contributed by atoms with E-state index in [0.29, 0.717) is 35.4 Å². The van der Waals surface area contributed by atoms with Crippen molar-refractivity contribution < 1.29 is 32.2 Å². The Balaban J connectivity index is 1.48. The van der Waals surface area contributed by atoms with Gasteiger partial charge in [-0.1, -0.05) is 17.7 Å². The average Bonchev–Trinajstić information content (AvgIpc) is 2.73. The number of ether oxygens (including phenoxy) is 3. The lowest BCUT2D eigenvalue weighted by atomic mass is 10.2. The number of anilines is 1. The molecule has 2 aromatic carbocycles. The summed E-state index contributed by atoms with van der Waals surface area (Å²) in [6.45, 7) is 2.03. The topological polar surface area (TPSA) is 108 Å². The molecule has 0 saturated heterocycles. The van der Waals surface area contributed by atoms with Crippen molar-refractivity contribution in [3.05, 3.63) is 47.0 Å². The average molecular weight is 454 g/mol. The Morgan fingerprint density at radius 2 is 1.83 bits per heavy atom. The Morgan fingerprint density at radius 1 is 1.10 bits per heavy atom. The summed E-state index contributed by atoms with van der Waals surface area (Å²) in [6.07, 6.45) is -0.388. The molecule has 1 aliphatic rings. The second kappa shape index (κ2) is 9.36. The van der Waals surface area contributed by atoms with Gasteiger partial charge in [0.05, 0.1) is 17.1 Å². The molecule has 3 rings (SSSR count). The number of hydrogen-bond donors (Lipinski definition) is 1. The molecule has 30 heavy (non-hydrogen) atoms. The third-order valence-electron chi connectivity index (χ3n) is 4.27. The van der Waals surface area contributed by atoms with Crippen LogP contribution < -0.4 is 14.8 Å². The van der Waals surface area contributed by atoms with Gasteiger partial charge in [0.2, 0.25) is 0 Å². The Bertz CT molecular complexity index is 1070. The van der Waals surface area contributed by atoms with Gasteiger partial charge >= 0.3 is 5.97 Å². The molecular formula is C20H20ClNO7S. The van der Waals surface area contributed by atoms with Crippen LogP contribution in [0.4, 0.5) is 5.69 Å². The standard InChI is InChI=1S/C20H20ClNO7S/c1-13-2-3-14(10-16(13)21)22-19(23)12-29-20(24)6-9-30(25,26)15-4-5-17-18(11-15)28-8-7-27-17/h2-5,10-11H,6-9,12H2,1H3,(H,22,23). The summed E-state index contributed by atoms with van der Waals surface area (Å²) in [5.41, 5.74) is 1.33. The van der Waals surface area contributed by atoms with Gasteiger partial charge in [-0.05, 0) is 36.8 Å². The number of amides is 1. The van der Waals surface area contributed by atoms with Crippen LogP contribution in [0.5, 0.6) is 11.5 Å². The first-order chi connectivity index (χ1) is 14.2. The Labute approximate surface area is 179 Å². The number of rotatable bonds is 7. The highest BCUT2D eigenvalue weighted by Gasteiger charge is 2.21. The van der Waals surface area contributed by atoms with Crippen LogP contribution in [0.1, 0.15) is 12.0 Å². The molecule has 1 amide bonds. The van der Waals surface area contributed by atoms with Gasteiger partial charge in [-0.2, -0.15) is 0 Å². The van der Waals surface area contributed by atoms with Crippen LogP contribution in [0.3, 0.4) is 0 Å². The number of sulfone groups is 1. The van der Waals surface area contributed by atoms with Crippen molar-refractivity contribution in [1.29, 1.82) is 0 Å². The number of carbonyl (C=O) groups is 2. The smallest absolute Gasteiger partial charge is 0.307 e. The predicted octanol–water partition coefficient (Wildman–Crippen LogP) is 2.77. The molecule has 1 aliphatic heterocycles.